The Bertz CT molecular complexity index is 604. The first-order valence-corrected chi connectivity index (χ1v) is 5.95. The molecule has 0 aliphatic heterocycles. The first-order chi connectivity index (χ1) is 8.72. The summed E-state index contributed by atoms with van der Waals surface area (Å²) >= 11 is 1.55. The van der Waals surface area contributed by atoms with Gasteiger partial charge in [0.25, 0.3) is 0 Å². The summed E-state index contributed by atoms with van der Waals surface area (Å²) in [7, 11) is 0. The molecule has 0 fully saturated rings. The first-order valence-electron chi connectivity index (χ1n) is 5.01. The fourth-order valence-corrected chi connectivity index (χ4v) is 2.11. The van der Waals surface area contributed by atoms with Crippen LogP contribution in [0.5, 0.6) is 0 Å². The van der Waals surface area contributed by atoms with Crippen molar-refractivity contribution in [2.24, 2.45) is 0 Å². The van der Waals surface area contributed by atoms with Crippen molar-refractivity contribution in [3.8, 4) is 6.07 Å². The van der Waals surface area contributed by atoms with Gasteiger partial charge in [-0.25, -0.2) is 4.98 Å². The van der Waals surface area contributed by atoms with Crippen LogP contribution >= 0.6 is 11.3 Å². The number of hydrogen-bond acceptors (Lipinski definition) is 6. The van der Waals surface area contributed by atoms with E-state index >= 15 is 0 Å². The minimum atomic E-state index is -0.596. The van der Waals surface area contributed by atoms with Crippen molar-refractivity contribution >= 4 is 22.8 Å². The third-order valence-electron chi connectivity index (χ3n) is 2.27. The average molecular weight is 260 g/mol. The van der Waals surface area contributed by atoms with Gasteiger partial charge in [-0.05, 0) is 28.5 Å². The lowest BCUT2D eigenvalue weighted by Gasteiger charge is -2.05. The van der Waals surface area contributed by atoms with Crippen molar-refractivity contribution in [1.82, 2.24) is 4.98 Å². The van der Waals surface area contributed by atoms with Crippen LogP contribution in [0.15, 0.2) is 29.1 Å². The van der Waals surface area contributed by atoms with Crippen molar-refractivity contribution in [2.45, 2.75) is 6.54 Å². The van der Waals surface area contributed by atoms with Gasteiger partial charge in [0.05, 0.1) is 4.92 Å². The van der Waals surface area contributed by atoms with Gasteiger partial charge in [0, 0.05) is 12.7 Å². The largest absolute Gasteiger partial charge is 0.360 e. The summed E-state index contributed by atoms with van der Waals surface area (Å²) in [6, 6.07) is 5.03. The van der Waals surface area contributed by atoms with E-state index in [9.17, 15) is 10.1 Å². The van der Waals surface area contributed by atoms with Crippen LogP contribution in [0.2, 0.25) is 0 Å². The quantitative estimate of drug-likeness (QED) is 0.673. The lowest BCUT2D eigenvalue weighted by molar-refractivity contribution is -0.384. The van der Waals surface area contributed by atoms with E-state index in [1.165, 1.54) is 12.3 Å². The Kier molecular flexibility index (Phi) is 3.50. The maximum atomic E-state index is 10.9. The van der Waals surface area contributed by atoms with Gasteiger partial charge in [0.15, 0.2) is 0 Å². The molecule has 6 nitrogen and oxygen atoms in total. The van der Waals surface area contributed by atoms with Crippen molar-refractivity contribution in [1.29, 1.82) is 5.26 Å². The second-order valence-corrected chi connectivity index (χ2v) is 4.19. The van der Waals surface area contributed by atoms with Crippen molar-refractivity contribution in [3.05, 3.63) is 50.3 Å². The molecule has 0 bridgehead atoms. The van der Waals surface area contributed by atoms with Crippen LogP contribution in [-0.2, 0) is 6.54 Å². The van der Waals surface area contributed by atoms with Gasteiger partial charge in [-0.2, -0.15) is 16.6 Å². The molecule has 0 saturated carbocycles. The summed E-state index contributed by atoms with van der Waals surface area (Å²) in [4.78, 5) is 14.3. The van der Waals surface area contributed by atoms with Gasteiger partial charge < -0.3 is 5.32 Å². The number of rotatable bonds is 4. The highest BCUT2D eigenvalue weighted by Crippen LogP contribution is 2.26. The molecular formula is C11H8N4O2S. The lowest BCUT2D eigenvalue weighted by atomic mass is 10.2. The van der Waals surface area contributed by atoms with Crippen LogP contribution in [0.4, 0.5) is 11.5 Å². The molecule has 0 aliphatic rings. The van der Waals surface area contributed by atoms with Crippen LogP contribution in [0.3, 0.4) is 0 Å². The Morgan fingerprint density at radius 2 is 2.39 bits per heavy atom. The van der Waals surface area contributed by atoms with E-state index in [1.807, 2.05) is 16.8 Å². The standard InChI is InChI=1S/C11H8N4O2S/c12-5-9-1-3-13-11(10(9)15(16)17)14-6-8-2-4-18-7-8/h1-4,7H,6H2,(H,13,14). The molecule has 0 saturated heterocycles. The summed E-state index contributed by atoms with van der Waals surface area (Å²) in [5, 5.41) is 26.5. The number of nitrogens with one attached hydrogen (secondary N) is 1. The van der Waals surface area contributed by atoms with Gasteiger partial charge in [-0.3, -0.25) is 10.1 Å². The molecule has 2 heterocycles. The third-order valence-corrected chi connectivity index (χ3v) is 3.00. The fourth-order valence-electron chi connectivity index (χ4n) is 1.44. The highest BCUT2D eigenvalue weighted by atomic mass is 32.1. The van der Waals surface area contributed by atoms with Gasteiger partial charge >= 0.3 is 5.69 Å². The molecule has 2 aromatic heterocycles. The highest BCUT2D eigenvalue weighted by molar-refractivity contribution is 7.07. The minimum absolute atomic E-state index is 0.00261. The second-order valence-electron chi connectivity index (χ2n) is 3.41. The highest BCUT2D eigenvalue weighted by Gasteiger charge is 2.20. The van der Waals surface area contributed by atoms with Crippen LogP contribution in [-0.4, -0.2) is 9.91 Å². The number of nitrogens with zero attached hydrogens (tertiary/aromatic N) is 3. The van der Waals surface area contributed by atoms with Crippen molar-refractivity contribution in [2.75, 3.05) is 5.32 Å². The summed E-state index contributed by atoms with van der Waals surface area (Å²) in [6.45, 7) is 0.437. The van der Waals surface area contributed by atoms with E-state index in [0.29, 0.717) is 6.54 Å². The van der Waals surface area contributed by atoms with Crippen LogP contribution in [0.1, 0.15) is 11.1 Å². The Labute approximate surface area is 107 Å². The molecule has 1 N–H and O–H groups in total. The smallest absolute Gasteiger partial charge is 0.328 e. The van der Waals surface area contributed by atoms with E-state index in [-0.39, 0.29) is 17.1 Å². The second kappa shape index (κ2) is 5.25. The van der Waals surface area contributed by atoms with Crippen molar-refractivity contribution < 1.29 is 4.92 Å². The number of hydrogen-bond donors (Lipinski definition) is 1. The predicted molar refractivity (Wildman–Crippen MR) is 67.3 cm³/mol. The number of nitro groups is 1. The van der Waals surface area contributed by atoms with E-state index in [2.05, 4.69) is 10.3 Å². The Morgan fingerprint density at radius 3 is 3.00 bits per heavy atom. The Balaban J connectivity index is 2.27. The van der Waals surface area contributed by atoms with Crippen LogP contribution < -0.4 is 5.32 Å². The molecule has 0 radical (unpaired) electrons. The molecule has 0 atom stereocenters. The number of thiophene rings is 1. The van der Waals surface area contributed by atoms with Gasteiger partial charge in [0.1, 0.15) is 11.6 Å². The Morgan fingerprint density at radius 1 is 1.56 bits per heavy atom. The maximum absolute atomic E-state index is 10.9. The van der Waals surface area contributed by atoms with Gasteiger partial charge in [-0.15, -0.1) is 0 Å². The average Bonchev–Trinajstić information content (AvgIpc) is 2.88. The topological polar surface area (TPSA) is 91.8 Å². The normalized spacial score (nSPS) is 9.72. The molecular weight excluding hydrogens is 252 g/mol. The SMILES string of the molecule is N#Cc1ccnc(NCc2ccsc2)c1[N+](=O)[O-]. The number of nitriles is 1. The summed E-state index contributed by atoms with van der Waals surface area (Å²) in [5.74, 6) is 0.116. The number of pyridine rings is 1. The lowest BCUT2D eigenvalue weighted by Crippen LogP contribution is -2.05. The van der Waals surface area contributed by atoms with Crippen molar-refractivity contribution in [3.63, 3.8) is 0 Å². The summed E-state index contributed by atoms with van der Waals surface area (Å²) in [5.41, 5.74) is 0.733. The zero-order chi connectivity index (χ0) is 13.0. The maximum Gasteiger partial charge on any atom is 0.328 e. The predicted octanol–water partition coefficient (Wildman–Crippen LogP) is 2.54. The number of anilines is 1. The molecule has 0 spiro atoms. The molecule has 2 rings (SSSR count). The summed E-state index contributed by atoms with van der Waals surface area (Å²) in [6.07, 6.45) is 1.38. The first kappa shape index (κ1) is 12.0. The molecule has 0 aromatic carbocycles. The van der Waals surface area contributed by atoms with Gasteiger partial charge in [0.2, 0.25) is 5.82 Å². The summed E-state index contributed by atoms with van der Waals surface area (Å²) < 4.78 is 0. The monoisotopic (exact) mass is 260 g/mol. The van der Waals surface area contributed by atoms with E-state index in [1.54, 1.807) is 17.4 Å². The van der Waals surface area contributed by atoms with Crippen LogP contribution in [0.25, 0.3) is 0 Å². The minimum Gasteiger partial charge on any atom is -0.360 e. The molecule has 90 valence electrons. The van der Waals surface area contributed by atoms with E-state index < -0.39 is 4.92 Å². The van der Waals surface area contributed by atoms with Crippen LogP contribution in [0, 0.1) is 21.4 Å². The molecule has 18 heavy (non-hydrogen) atoms. The molecule has 2 aromatic rings. The third kappa shape index (κ3) is 2.44. The molecule has 0 amide bonds. The Hall–Kier alpha value is -2.46. The fraction of sp³-hybridized carbons (Fsp3) is 0.0909. The zero-order valence-corrected chi connectivity index (χ0v) is 9.98. The van der Waals surface area contributed by atoms with Gasteiger partial charge in [-0.1, -0.05) is 0 Å². The zero-order valence-electron chi connectivity index (χ0n) is 9.16. The number of aromatic nitrogens is 1. The van der Waals surface area contributed by atoms with E-state index in [4.69, 9.17) is 5.26 Å². The molecule has 0 unspecified atom stereocenters. The molecule has 0 aliphatic carbocycles. The van der Waals surface area contributed by atoms with E-state index in [0.717, 1.165) is 5.56 Å². The molecule has 7 heteroatoms.